The van der Waals surface area contributed by atoms with Gasteiger partial charge in [-0.05, 0) is 42.3 Å². The number of halogens is 5. The number of alkyl halides is 3. The Balaban J connectivity index is 1.89. The van der Waals surface area contributed by atoms with E-state index in [4.69, 9.17) is 0 Å². The highest BCUT2D eigenvalue weighted by Crippen LogP contribution is 2.32. The molecule has 3 amide bonds. The lowest BCUT2D eigenvalue weighted by atomic mass is 9.92. The Labute approximate surface area is 150 Å². The van der Waals surface area contributed by atoms with Crippen LogP contribution in [0.1, 0.15) is 23.6 Å². The van der Waals surface area contributed by atoms with Crippen molar-refractivity contribution in [3.8, 4) is 0 Å². The molecule has 142 valence electrons. The molecule has 1 N–H and O–H groups in total. The molecule has 2 aromatic carbocycles. The summed E-state index contributed by atoms with van der Waals surface area (Å²) < 4.78 is 65.1. The molecule has 2 aromatic rings. The first-order chi connectivity index (χ1) is 12.5. The monoisotopic (exact) mass is 384 g/mol. The zero-order valence-corrected chi connectivity index (χ0v) is 13.9. The number of benzene rings is 2. The third-order valence-corrected chi connectivity index (χ3v) is 4.37. The number of nitrogens with zero attached hydrogens (tertiary/aromatic N) is 1. The van der Waals surface area contributed by atoms with Gasteiger partial charge >= 0.3 is 12.2 Å². The molecule has 27 heavy (non-hydrogen) atoms. The number of carbonyl (C=O) groups excluding carboxylic acids is 2. The maximum absolute atomic E-state index is 13.5. The Morgan fingerprint density at radius 1 is 1.04 bits per heavy atom. The SMILES string of the molecule is CC1(c2ccc(F)c(F)c2)NC(=O)N(Cc2cccc(C(F)(F)F)c2)C1=O. The number of nitrogens with one attached hydrogen (secondary N) is 1. The zero-order chi connectivity index (χ0) is 20.0. The van der Waals surface area contributed by atoms with Crippen molar-refractivity contribution in [2.75, 3.05) is 0 Å². The summed E-state index contributed by atoms with van der Waals surface area (Å²) >= 11 is 0. The Hall–Kier alpha value is -2.97. The molecule has 0 aliphatic carbocycles. The largest absolute Gasteiger partial charge is 0.416 e. The molecule has 0 spiro atoms. The van der Waals surface area contributed by atoms with E-state index >= 15 is 0 Å². The smallest absolute Gasteiger partial charge is 0.319 e. The topological polar surface area (TPSA) is 49.4 Å². The van der Waals surface area contributed by atoms with Gasteiger partial charge in [-0.3, -0.25) is 9.69 Å². The highest BCUT2D eigenvalue weighted by Gasteiger charge is 2.49. The van der Waals surface area contributed by atoms with Gasteiger partial charge in [0.15, 0.2) is 11.6 Å². The van der Waals surface area contributed by atoms with Crippen LogP contribution in [0.5, 0.6) is 0 Å². The van der Waals surface area contributed by atoms with E-state index in [0.29, 0.717) is 0 Å². The number of imide groups is 1. The molecule has 3 rings (SSSR count). The molecule has 1 atom stereocenters. The minimum atomic E-state index is -4.56. The molecule has 0 radical (unpaired) electrons. The van der Waals surface area contributed by atoms with Gasteiger partial charge in [0.1, 0.15) is 5.54 Å². The number of hydrogen-bond acceptors (Lipinski definition) is 2. The molecule has 1 unspecified atom stereocenters. The first-order valence-electron chi connectivity index (χ1n) is 7.78. The first-order valence-corrected chi connectivity index (χ1v) is 7.78. The maximum Gasteiger partial charge on any atom is 0.416 e. The quantitative estimate of drug-likeness (QED) is 0.644. The van der Waals surface area contributed by atoms with E-state index in [2.05, 4.69) is 5.32 Å². The first kappa shape index (κ1) is 18.8. The van der Waals surface area contributed by atoms with Gasteiger partial charge in [-0.15, -0.1) is 0 Å². The van der Waals surface area contributed by atoms with Gasteiger partial charge in [0, 0.05) is 0 Å². The van der Waals surface area contributed by atoms with Crippen LogP contribution in [0.4, 0.5) is 26.7 Å². The molecule has 0 aromatic heterocycles. The molecule has 1 heterocycles. The molecule has 1 saturated heterocycles. The predicted octanol–water partition coefficient (Wildman–Crippen LogP) is 3.95. The van der Waals surface area contributed by atoms with Crippen molar-refractivity contribution >= 4 is 11.9 Å². The second-order valence-electron chi connectivity index (χ2n) is 6.27. The third-order valence-electron chi connectivity index (χ3n) is 4.37. The zero-order valence-electron chi connectivity index (χ0n) is 13.9. The minimum Gasteiger partial charge on any atom is -0.319 e. The Morgan fingerprint density at radius 2 is 1.74 bits per heavy atom. The third kappa shape index (κ3) is 3.36. The van der Waals surface area contributed by atoms with Crippen LogP contribution in [0.25, 0.3) is 0 Å². The summed E-state index contributed by atoms with van der Waals surface area (Å²) in [5.74, 6) is -3.08. The summed E-state index contributed by atoms with van der Waals surface area (Å²) in [6.07, 6.45) is -4.56. The van der Waals surface area contributed by atoms with Crippen molar-refractivity contribution < 1.29 is 31.5 Å². The molecule has 1 aliphatic rings. The molecule has 1 aliphatic heterocycles. The highest BCUT2D eigenvalue weighted by molar-refractivity contribution is 6.07. The van der Waals surface area contributed by atoms with Crippen molar-refractivity contribution in [3.05, 3.63) is 70.8 Å². The van der Waals surface area contributed by atoms with Crippen LogP contribution in [0, 0.1) is 11.6 Å². The van der Waals surface area contributed by atoms with Gasteiger partial charge < -0.3 is 5.32 Å². The van der Waals surface area contributed by atoms with Crippen molar-refractivity contribution in [1.82, 2.24) is 10.2 Å². The van der Waals surface area contributed by atoms with Crippen LogP contribution in [0.2, 0.25) is 0 Å². The van der Waals surface area contributed by atoms with E-state index < -0.39 is 47.4 Å². The fraction of sp³-hybridized carbons (Fsp3) is 0.222. The fourth-order valence-electron chi connectivity index (χ4n) is 2.87. The van der Waals surface area contributed by atoms with Crippen molar-refractivity contribution in [1.29, 1.82) is 0 Å². The summed E-state index contributed by atoms with van der Waals surface area (Å²) in [5, 5.41) is 2.38. The molecule has 9 heteroatoms. The molecular formula is C18H13F5N2O2. The summed E-state index contributed by atoms with van der Waals surface area (Å²) in [5.41, 5.74) is -2.45. The average Bonchev–Trinajstić information content (AvgIpc) is 2.81. The van der Waals surface area contributed by atoms with E-state index in [-0.39, 0.29) is 11.1 Å². The van der Waals surface area contributed by atoms with Gasteiger partial charge in [0.25, 0.3) is 5.91 Å². The van der Waals surface area contributed by atoms with Gasteiger partial charge in [0.2, 0.25) is 0 Å². The predicted molar refractivity (Wildman–Crippen MR) is 84.2 cm³/mol. The average molecular weight is 384 g/mol. The van der Waals surface area contributed by atoms with Crippen LogP contribution in [-0.4, -0.2) is 16.8 Å². The number of urea groups is 1. The molecule has 0 bridgehead atoms. The number of hydrogen-bond donors (Lipinski definition) is 1. The summed E-state index contributed by atoms with van der Waals surface area (Å²) in [6.45, 7) is 0.917. The van der Waals surface area contributed by atoms with E-state index in [1.54, 1.807) is 0 Å². The molecule has 4 nitrogen and oxygen atoms in total. The minimum absolute atomic E-state index is 0.0197. The summed E-state index contributed by atoms with van der Waals surface area (Å²) in [7, 11) is 0. The normalized spacial score (nSPS) is 20.1. The Morgan fingerprint density at radius 3 is 2.37 bits per heavy atom. The van der Waals surface area contributed by atoms with Crippen molar-refractivity contribution in [2.24, 2.45) is 0 Å². The van der Waals surface area contributed by atoms with Crippen LogP contribution >= 0.6 is 0 Å². The summed E-state index contributed by atoms with van der Waals surface area (Å²) in [6, 6.07) is 6.17. The number of amides is 3. The second kappa shape index (κ2) is 6.33. The van der Waals surface area contributed by atoms with Crippen LogP contribution < -0.4 is 5.32 Å². The summed E-state index contributed by atoms with van der Waals surface area (Å²) in [4.78, 5) is 25.7. The Kier molecular flexibility index (Phi) is 4.41. The molecule has 1 fully saturated rings. The van der Waals surface area contributed by atoms with E-state index in [1.165, 1.54) is 19.1 Å². The van der Waals surface area contributed by atoms with Gasteiger partial charge in [0.05, 0.1) is 12.1 Å². The van der Waals surface area contributed by atoms with Crippen LogP contribution in [0.3, 0.4) is 0 Å². The Bertz CT molecular complexity index is 928. The highest BCUT2D eigenvalue weighted by atomic mass is 19.4. The van der Waals surface area contributed by atoms with E-state index in [9.17, 15) is 31.5 Å². The van der Waals surface area contributed by atoms with Crippen molar-refractivity contribution in [3.63, 3.8) is 0 Å². The van der Waals surface area contributed by atoms with E-state index in [0.717, 1.165) is 35.2 Å². The maximum atomic E-state index is 13.5. The molecular weight excluding hydrogens is 371 g/mol. The second-order valence-corrected chi connectivity index (χ2v) is 6.27. The van der Waals surface area contributed by atoms with Crippen LogP contribution in [-0.2, 0) is 23.1 Å². The lowest BCUT2D eigenvalue weighted by molar-refractivity contribution is -0.137. The van der Waals surface area contributed by atoms with Gasteiger partial charge in [-0.25, -0.2) is 13.6 Å². The standard InChI is InChI=1S/C18H13F5N2O2/c1-17(11-5-6-13(19)14(20)8-11)15(26)25(16(27)24-17)9-10-3-2-4-12(7-10)18(21,22)23/h2-8H,9H2,1H3,(H,24,27). The van der Waals surface area contributed by atoms with E-state index in [1.807, 2.05) is 0 Å². The molecule has 0 saturated carbocycles. The van der Waals surface area contributed by atoms with Crippen LogP contribution in [0.15, 0.2) is 42.5 Å². The number of carbonyl (C=O) groups is 2. The number of rotatable bonds is 3. The fourth-order valence-corrected chi connectivity index (χ4v) is 2.87. The van der Waals surface area contributed by atoms with Gasteiger partial charge in [-0.1, -0.05) is 18.2 Å². The van der Waals surface area contributed by atoms with Gasteiger partial charge in [-0.2, -0.15) is 13.2 Å². The lowest BCUT2D eigenvalue weighted by Crippen LogP contribution is -2.41. The lowest BCUT2D eigenvalue weighted by Gasteiger charge is -2.22. The van der Waals surface area contributed by atoms with Crippen molar-refractivity contribution in [2.45, 2.75) is 25.2 Å².